The Bertz CT molecular complexity index is 588. The highest BCUT2D eigenvalue weighted by atomic mass is 35.5. The molecule has 5 nitrogen and oxygen atoms in total. The SMILES string of the molecule is CC1(Cn2nnnc2-c2cccc(Cl)c2N)CC1. The van der Waals surface area contributed by atoms with Crippen LogP contribution in [0.1, 0.15) is 19.8 Å². The number of nitrogen functional groups attached to an aromatic ring is 1. The zero-order valence-electron chi connectivity index (χ0n) is 10.1. The smallest absolute Gasteiger partial charge is 0.184 e. The van der Waals surface area contributed by atoms with Crippen LogP contribution in [0.25, 0.3) is 11.4 Å². The summed E-state index contributed by atoms with van der Waals surface area (Å²) in [6.07, 6.45) is 2.44. The first-order valence-electron chi connectivity index (χ1n) is 5.90. The van der Waals surface area contributed by atoms with Crippen LogP contribution in [0.2, 0.25) is 5.02 Å². The highest BCUT2D eigenvalue weighted by molar-refractivity contribution is 6.33. The van der Waals surface area contributed by atoms with Gasteiger partial charge in [-0.25, -0.2) is 4.68 Å². The van der Waals surface area contributed by atoms with Crippen LogP contribution in [0.5, 0.6) is 0 Å². The van der Waals surface area contributed by atoms with Crippen LogP contribution in [0, 0.1) is 5.41 Å². The van der Waals surface area contributed by atoms with E-state index in [1.165, 1.54) is 12.8 Å². The number of hydrogen-bond donors (Lipinski definition) is 1. The van der Waals surface area contributed by atoms with E-state index in [4.69, 9.17) is 17.3 Å². The Morgan fingerprint density at radius 1 is 1.44 bits per heavy atom. The summed E-state index contributed by atoms with van der Waals surface area (Å²) >= 11 is 6.03. The maximum Gasteiger partial charge on any atom is 0.184 e. The topological polar surface area (TPSA) is 69.6 Å². The quantitative estimate of drug-likeness (QED) is 0.863. The summed E-state index contributed by atoms with van der Waals surface area (Å²) in [5, 5.41) is 12.4. The van der Waals surface area contributed by atoms with Crippen LogP contribution in [-0.2, 0) is 6.54 Å². The third kappa shape index (κ3) is 1.95. The molecule has 0 unspecified atom stereocenters. The molecule has 6 heteroatoms. The van der Waals surface area contributed by atoms with Gasteiger partial charge in [0.25, 0.3) is 0 Å². The average Bonchev–Trinajstić information content (AvgIpc) is 2.88. The van der Waals surface area contributed by atoms with Crippen molar-refractivity contribution < 1.29 is 0 Å². The molecule has 0 atom stereocenters. The number of tetrazole rings is 1. The predicted octanol–water partition coefficient (Wildman–Crippen LogP) is 2.38. The van der Waals surface area contributed by atoms with Crippen molar-refractivity contribution in [1.82, 2.24) is 20.2 Å². The van der Waals surface area contributed by atoms with Gasteiger partial charge in [0.1, 0.15) is 0 Å². The van der Waals surface area contributed by atoms with Crippen LogP contribution in [0.3, 0.4) is 0 Å². The summed E-state index contributed by atoms with van der Waals surface area (Å²) in [5.41, 5.74) is 7.62. The van der Waals surface area contributed by atoms with Gasteiger partial charge in [0.15, 0.2) is 5.82 Å². The van der Waals surface area contributed by atoms with Gasteiger partial charge < -0.3 is 5.73 Å². The van der Waals surface area contributed by atoms with Crippen molar-refractivity contribution in [2.24, 2.45) is 5.41 Å². The standard InChI is InChI=1S/C12H14ClN5/c1-12(5-6-12)7-18-11(15-16-17-18)8-3-2-4-9(13)10(8)14/h2-4H,5-7,14H2,1H3. The van der Waals surface area contributed by atoms with Crippen molar-refractivity contribution in [2.75, 3.05) is 5.73 Å². The Labute approximate surface area is 110 Å². The Balaban J connectivity index is 2.01. The molecule has 2 N–H and O–H groups in total. The molecular weight excluding hydrogens is 250 g/mol. The largest absolute Gasteiger partial charge is 0.397 e. The van der Waals surface area contributed by atoms with E-state index >= 15 is 0 Å². The molecule has 0 amide bonds. The van der Waals surface area contributed by atoms with Crippen LogP contribution >= 0.6 is 11.6 Å². The molecule has 0 spiro atoms. The second-order valence-electron chi connectivity index (χ2n) is 5.17. The van der Waals surface area contributed by atoms with Crippen molar-refractivity contribution in [3.05, 3.63) is 23.2 Å². The van der Waals surface area contributed by atoms with Crippen molar-refractivity contribution >= 4 is 17.3 Å². The number of benzene rings is 1. The van der Waals surface area contributed by atoms with Crippen LogP contribution in [0.15, 0.2) is 18.2 Å². The second-order valence-corrected chi connectivity index (χ2v) is 5.58. The van der Waals surface area contributed by atoms with Gasteiger partial charge in [-0.1, -0.05) is 24.6 Å². The van der Waals surface area contributed by atoms with Crippen molar-refractivity contribution in [1.29, 1.82) is 0 Å². The van der Waals surface area contributed by atoms with E-state index in [0.29, 0.717) is 21.9 Å². The van der Waals surface area contributed by atoms with E-state index in [0.717, 1.165) is 12.1 Å². The zero-order chi connectivity index (χ0) is 12.8. The van der Waals surface area contributed by atoms with E-state index in [2.05, 4.69) is 22.4 Å². The van der Waals surface area contributed by atoms with Gasteiger partial charge in [-0.15, -0.1) is 5.10 Å². The maximum atomic E-state index is 6.03. The molecule has 3 rings (SSSR count). The lowest BCUT2D eigenvalue weighted by atomic mass is 10.1. The Morgan fingerprint density at radius 3 is 2.94 bits per heavy atom. The molecule has 1 aromatic heterocycles. The molecule has 1 heterocycles. The highest BCUT2D eigenvalue weighted by Crippen LogP contribution is 2.46. The molecule has 94 valence electrons. The van der Waals surface area contributed by atoms with E-state index in [1.54, 1.807) is 6.07 Å². The molecule has 0 radical (unpaired) electrons. The normalized spacial score (nSPS) is 16.8. The summed E-state index contributed by atoms with van der Waals surface area (Å²) in [6.45, 7) is 3.06. The van der Waals surface area contributed by atoms with Crippen LogP contribution in [0.4, 0.5) is 5.69 Å². The van der Waals surface area contributed by atoms with Gasteiger partial charge in [-0.3, -0.25) is 0 Å². The number of para-hydroxylation sites is 1. The van der Waals surface area contributed by atoms with Gasteiger partial charge in [-0.05, 0) is 40.8 Å². The third-order valence-electron chi connectivity index (χ3n) is 3.46. The lowest BCUT2D eigenvalue weighted by Gasteiger charge is -2.11. The summed E-state index contributed by atoms with van der Waals surface area (Å²) in [5.74, 6) is 0.683. The van der Waals surface area contributed by atoms with Gasteiger partial charge in [0.2, 0.25) is 0 Å². The minimum atomic E-state index is 0.331. The summed E-state index contributed by atoms with van der Waals surface area (Å²) < 4.78 is 1.81. The molecule has 1 aliphatic carbocycles. The van der Waals surface area contributed by atoms with E-state index in [9.17, 15) is 0 Å². The van der Waals surface area contributed by atoms with Crippen molar-refractivity contribution in [3.63, 3.8) is 0 Å². The fraction of sp³-hybridized carbons (Fsp3) is 0.417. The first kappa shape index (κ1) is 11.5. The number of aromatic nitrogens is 4. The van der Waals surface area contributed by atoms with Gasteiger partial charge in [0.05, 0.1) is 17.3 Å². The molecule has 0 aliphatic heterocycles. The van der Waals surface area contributed by atoms with Crippen molar-refractivity contribution in [3.8, 4) is 11.4 Å². The molecule has 1 aliphatic rings. The molecule has 18 heavy (non-hydrogen) atoms. The van der Waals surface area contributed by atoms with E-state index < -0.39 is 0 Å². The van der Waals surface area contributed by atoms with Crippen LogP contribution in [-0.4, -0.2) is 20.2 Å². The van der Waals surface area contributed by atoms with Gasteiger partial charge >= 0.3 is 0 Å². The number of anilines is 1. The highest BCUT2D eigenvalue weighted by Gasteiger charge is 2.38. The summed E-state index contributed by atoms with van der Waals surface area (Å²) in [6, 6.07) is 5.50. The lowest BCUT2D eigenvalue weighted by molar-refractivity contribution is 0.427. The number of hydrogen-bond acceptors (Lipinski definition) is 4. The molecular formula is C12H14ClN5. The molecule has 2 aromatic rings. The molecule has 1 saturated carbocycles. The van der Waals surface area contributed by atoms with Crippen molar-refractivity contribution in [2.45, 2.75) is 26.3 Å². The fourth-order valence-corrected chi connectivity index (χ4v) is 2.14. The molecule has 0 saturated heterocycles. The fourth-order valence-electron chi connectivity index (χ4n) is 1.97. The van der Waals surface area contributed by atoms with Gasteiger partial charge in [-0.2, -0.15) is 0 Å². The monoisotopic (exact) mass is 263 g/mol. The third-order valence-corrected chi connectivity index (χ3v) is 3.79. The molecule has 1 aromatic carbocycles. The molecule has 0 bridgehead atoms. The number of rotatable bonds is 3. The summed E-state index contributed by atoms with van der Waals surface area (Å²) in [7, 11) is 0. The second kappa shape index (κ2) is 3.95. The Kier molecular flexibility index (Phi) is 2.52. The average molecular weight is 264 g/mol. The number of nitrogens with two attached hydrogens (primary N) is 1. The lowest BCUT2D eigenvalue weighted by Crippen LogP contribution is -2.11. The Morgan fingerprint density at radius 2 is 2.22 bits per heavy atom. The first-order valence-corrected chi connectivity index (χ1v) is 6.27. The summed E-state index contributed by atoms with van der Waals surface area (Å²) in [4.78, 5) is 0. The predicted molar refractivity (Wildman–Crippen MR) is 70.0 cm³/mol. The van der Waals surface area contributed by atoms with E-state index in [1.807, 2.05) is 16.8 Å². The molecule has 1 fully saturated rings. The Hall–Kier alpha value is -1.62. The van der Waals surface area contributed by atoms with Crippen LogP contribution < -0.4 is 5.73 Å². The van der Waals surface area contributed by atoms with Gasteiger partial charge in [0, 0.05) is 5.56 Å². The zero-order valence-corrected chi connectivity index (χ0v) is 10.9. The first-order chi connectivity index (χ1) is 8.59. The number of halogens is 1. The van der Waals surface area contributed by atoms with E-state index in [-0.39, 0.29) is 0 Å². The minimum Gasteiger partial charge on any atom is -0.397 e. The maximum absolute atomic E-state index is 6.03. The number of nitrogens with zero attached hydrogens (tertiary/aromatic N) is 4. The minimum absolute atomic E-state index is 0.331.